The molecule has 35 heavy (non-hydrogen) atoms. The van der Waals surface area contributed by atoms with Crippen LogP contribution in [0, 0.1) is 5.92 Å². The Bertz CT molecular complexity index is 1120. The quantitative estimate of drug-likeness (QED) is 0.276. The number of carbonyl (C=O) groups is 1. The van der Waals surface area contributed by atoms with Gasteiger partial charge in [-0.25, -0.2) is 0 Å². The van der Waals surface area contributed by atoms with E-state index in [9.17, 15) is 13.2 Å². The van der Waals surface area contributed by atoms with Crippen LogP contribution in [0.3, 0.4) is 0 Å². The van der Waals surface area contributed by atoms with Crippen molar-refractivity contribution in [2.75, 3.05) is 18.0 Å². The molecular formula is C26H36Cl2N2O4S. The molecule has 2 aromatic rings. The first kappa shape index (κ1) is 29.3. The fourth-order valence-electron chi connectivity index (χ4n) is 3.70. The van der Waals surface area contributed by atoms with Gasteiger partial charge < -0.3 is 14.0 Å². The fourth-order valence-corrected chi connectivity index (χ4v) is 5.04. The number of rotatable bonds is 12. The Labute approximate surface area is 220 Å². The monoisotopic (exact) mass is 542 g/mol. The lowest BCUT2D eigenvalue weighted by atomic mass is 10.1. The maximum Gasteiger partial charge on any atom is 0.339 e. The third kappa shape index (κ3) is 7.76. The molecule has 2 aromatic carbocycles. The molecule has 1 amide bonds. The van der Waals surface area contributed by atoms with Crippen molar-refractivity contribution in [3.63, 3.8) is 0 Å². The predicted molar refractivity (Wildman–Crippen MR) is 144 cm³/mol. The van der Waals surface area contributed by atoms with Gasteiger partial charge in [0.05, 0.1) is 10.0 Å². The lowest BCUT2D eigenvalue weighted by Gasteiger charge is -2.30. The molecule has 9 heteroatoms. The van der Waals surface area contributed by atoms with Gasteiger partial charge in [0.25, 0.3) is 0 Å². The summed E-state index contributed by atoms with van der Waals surface area (Å²) < 4.78 is 32.0. The smallest absolute Gasteiger partial charge is 0.339 e. The summed E-state index contributed by atoms with van der Waals surface area (Å²) in [5.41, 5.74) is 1.45. The molecule has 0 radical (unpaired) electrons. The van der Waals surface area contributed by atoms with E-state index in [4.69, 9.17) is 27.4 Å². The Morgan fingerprint density at radius 3 is 2.17 bits per heavy atom. The number of hydrogen-bond donors (Lipinski definition) is 0. The van der Waals surface area contributed by atoms with Crippen LogP contribution in [0.1, 0.15) is 59.9 Å². The van der Waals surface area contributed by atoms with Crippen molar-refractivity contribution in [2.45, 2.75) is 71.9 Å². The number of anilines is 1. The highest BCUT2D eigenvalue weighted by Gasteiger charge is 2.25. The van der Waals surface area contributed by atoms with Gasteiger partial charge in [0.2, 0.25) is 5.91 Å². The van der Waals surface area contributed by atoms with Crippen LogP contribution in [-0.2, 0) is 21.5 Å². The molecule has 194 valence electrons. The summed E-state index contributed by atoms with van der Waals surface area (Å²) in [5, 5.41) is 0.374. The molecule has 0 aliphatic rings. The average molecular weight is 544 g/mol. The number of nitrogens with zero attached hydrogens (tertiary/aromatic N) is 2. The summed E-state index contributed by atoms with van der Waals surface area (Å²) in [7, 11) is -4.20. The Hall–Kier alpha value is -1.96. The van der Waals surface area contributed by atoms with E-state index in [0.717, 1.165) is 25.2 Å². The van der Waals surface area contributed by atoms with Gasteiger partial charge in [-0.15, -0.1) is 0 Å². The molecule has 0 N–H and O–H groups in total. The molecule has 0 heterocycles. The Kier molecular flexibility index (Phi) is 10.7. The van der Waals surface area contributed by atoms with Crippen molar-refractivity contribution in [3.8, 4) is 5.75 Å². The molecule has 6 nitrogen and oxygen atoms in total. The molecule has 0 aliphatic carbocycles. The van der Waals surface area contributed by atoms with Crippen molar-refractivity contribution >= 4 is 44.9 Å². The molecule has 0 aromatic heterocycles. The second-order valence-electron chi connectivity index (χ2n) is 8.95. The van der Waals surface area contributed by atoms with Crippen LogP contribution in [0.4, 0.5) is 5.69 Å². The molecule has 0 saturated heterocycles. The van der Waals surface area contributed by atoms with E-state index in [1.54, 1.807) is 11.0 Å². The molecule has 0 aliphatic heterocycles. The maximum atomic E-state index is 13.2. The Morgan fingerprint density at radius 2 is 1.63 bits per heavy atom. The van der Waals surface area contributed by atoms with Crippen LogP contribution in [0.15, 0.2) is 41.3 Å². The second-order valence-corrected chi connectivity index (χ2v) is 11.3. The van der Waals surface area contributed by atoms with Gasteiger partial charge in [0.15, 0.2) is 0 Å². The molecule has 2 rings (SSSR count). The van der Waals surface area contributed by atoms with E-state index in [1.165, 1.54) is 18.2 Å². The standard InChI is InChI=1S/C26H36Cl2N2O4S/c1-7-19(6)30(26(31)14-18(4)5)17-20-10-11-21(29(8-2)9-3)15-25(20)34-35(32,33)22-12-13-23(27)24(28)16-22/h10-13,15-16,18-19H,7-9,14,17H2,1-6H3. The SMILES string of the molecule is CCC(C)N(Cc1ccc(N(CC)CC)cc1OS(=O)(=O)c1ccc(Cl)c(Cl)c1)C(=O)CC(C)C. The fraction of sp³-hybridized carbons (Fsp3) is 0.500. The summed E-state index contributed by atoms with van der Waals surface area (Å²) in [6, 6.07) is 9.53. The highest BCUT2D eigenvalue weighted by atomic mass is 35.5. The third-order valence-corrected chi connectivity index (χ3v) is 7.89. The minimum atomic E-state index is -4.20. The zero-order chi connectivity index (χ0) is 26.3. The normalized spacial score (nSPS) is 12.5. The van der Waals surface area contributed by atoms with E-state index in [0.29, 0.717) is 12.0 Å². The van der Waals surface area contributed by atoms with E-state index < -0.39 is 10.1 Å². The van der Waals surface area contributed by atoms with Crippen LogP contribution in [-0.4, -0.2) is 38.4 Å². The van der Waals surface area contributed by atoms with Gasteiger partial charge in [0, 0.05) is 49.4 Å². The van der Waals surface area contributed by atoms with Gasteiger partial charge in [0.1, 0.15) is 10.6 Å². The van der Waals surface area contributed by atoms with Crippen LogP contribution in [0.5, 0.6) is 5.75 Å². The number of benzene rings is 2. The van der Waals surface area contributed by atoms with E-state index >= 15 is 0 Å². The summed E-state index contributed by atoms with van der Waals surface area (Å²) in [5.74, 6) is 0.427. The lowest BCUT2D eigenvalue weighted by Crippen LogP contribution is -2.38. The number of amides is 1. The van der Waals surface area contributed by atoms with Crippen molar-refractivity contribution in [1.82, 2.24) is 4.90 Å². The summed E-state index contributed by atoms with van der Waals surface area (Å²) in [4.78, 5) is 16.8. The Balaban J connectivity index is 2.54. The van der Waals surface area contributed by atoms with Crippen LogP contribution in [0.25, 0.3) is 0 Å². The first-order valence-corrected chi connectivity index (χ1v) is 14.2. The zero-order valence-corrected chi connectivity index (χ0v) is 23.7. The molecule has 0 fully saturated rings. The van der Waals surface area contributed by atoms with Crippen LogP contribution in [0.2, 0.25) is 10.0 Å². The average Bonchev–Trinajstić information content (AvgIpc) is 2.79. The third-order valence-electron chi connectivity index (χ3n) is 5.93. The van der Waals surface area contributed by atoms with Gasteiger partial charge in [-0.3, -0.25) is 4.79 Å². The van der Waals surface area contributed by atoms with Crippen molar-refractivity contribution in [3.05, 3.63) is 52.0 Å². The minimum absolute atomic E-state index is 0.0109. The summed E-state index contributed by atoms with van der Waals surface area (Å²) in [6.45, 7) is 13.8. The molecule has 1 unspecified atom stereocenters. The van der Waals surface area contributed by atoms with Crippen molar-refractivity contribution in [2.24, 2.45) is 5.92 Å². The Morgan fingerprint density at radius 1 is 0.971 bits per heavy atom. The van der Waals surface area contributed by atoms with Gasteiger partial charge in [-0.05, 0) is 57.4 Å². The largest absolute Gasteiger partial charge is 0.379 e. The highest BCUT2D eigenvalue weighted by molar-refractivity contribution is 7.87. The molecule has 0 spiro atoms. The number of carbonyl (C=O) groups excluding carboxylic acids is 1. The minimum Gasteiger partial charge on any atom is -0.379 e. The molecule has 1 atom stereocenters. The van der Waals surface area contributed by atoms with Gasteiger partial charge >= 0.3 is 10.1 Å². The second kappa shape index (κ2) is 12.8. The lowest BCUT2D eigenvalue weighted by molar-refractivity contribution is -0.134. The molecular weight excluding hydrogens is 507 g/mol. The number of hydrogen-bond acceptors (Lipinski definition) is 5. The predicted octanol–water partition coefficient (Wildman–Crippen LogP) is 6.78. The molecule has 0 saturated carbocycles. The van der Waals surface area contributed by atoms with E-state index in [2.05, 4.69) is 4.90 Å². The first-order chi connectivity index (χ1) is 16.4. The maximum absolute atomic E-state index is 13.2. The van der Waals surface area contributed by atoms with Gasteiger partial charge in [-0.1, -0.05) is 50.0 Å². The van der Waals surface area contributed by atoms with Crippen molar-refractivity contribution < 1.29 is 17.4 Å². The van der Waals surface area contributed by atoms with Gasteiger partial charge in [-0.2, -0.15) is 8.42 Å². The topological polar surface area (TPSA) is 66.9 Å². The highest BCUT2D eigenvalue weighted by Crippen LogP contribution is 2.32. The molecule has 0 bridgehead atoms. The van der Waals surface area contributed by atoms with E-state index in [-0.39, 0.29) is 45.1 Å². The first-order valence-electron chi connectivity index (χ1n) is 12.0. The van der Waals surface area contributed by atoms with Crippen molar-refractivity contribution in [1.29, 1.82) is 0 Å². The zero-order valence-electron chi connectivity index (χ0n) is 21.3. The van der Waals surface area contributed by atoms with Crippen LogP contribution >= 0.6 is 23.2 Å². The van der Waals surface area contributed by atoms with Crippen LogP contribution < -0.4 is 9.08 Å². The summed E-state index contributed by atoms with van der Waals surface area (Å²) >= 11 is 12.0. The number of halogens is 2. The summed E-state index contributed by atoms with van der Waals surface area (Å²) in [6.07, 6.45) is 1.19. The van der Waals surface area contributed by atoms with E-state index in [1.807, 2.05) is 53.7 Å².